The number of aromatic nitrogens is 2. The monoisotopic (exact) mass is 212 g/mol. The molecular formula is C8H16N6O. The Morgan fingerprint density at radius 1 is 1.60 bits per heavy atom. The summed E-state index contributed by atoms with van der Waals surface area (Å²) in [5.41, 5.74) is 2.47. The Morgan fingerprint density at radius 3 is 2.93 bits per heavy atom. The van der Waals surface area contributed by atoms with Gasteiger partial charge in [0.15, 0.2) is 5.82 Å². The van der Waals surface area contributed by atoms with E-state index in [0.29, 0.717) is 30.6 Å². The van der Waals surface area contributed by atoms with Crippen molar-refractivity contribution >= 4 is 5.96 Å². The topological polar surface area (TPSA) is 101 Å². The van der Waals surface area contributed by atoms with E-state index in [-0.39, 0.29) is 0 Å². The highest BCUT2D eigenvalue weighted by atomic mass is 16.5. The molecule has 0 saturated carbocycles. The highest BCUT2D eigenvalue weighted by molar-refractivity contribution is 5.79. The Morgan fingerprint density at radius 2 is 2.40 bits per heavy atom. The van der Waals surface area contributed by atoms with Gasteiger partial charge in [0.1, 0.15) is 0 Å². The summed E-state index contributed by atoms with van der Waals surface area (Å²) in [6.45, 7) is 5.05. The second-order valence-electron chi connectivity index (χ2n) is 2.88. The second-order valence-corrected chi connectivity index (χ2v) is 2.88. The zero-order chi connectivity index (χ0) is 11.1. The fraction of sp³-hybridized carbons (Fsp3) is 0.625. The van der Waals surface area contributed by atoms with Gasteiger partial charge in [-0.3, -0.25) is 10.4 Å². The fourth-order valence-electron chi connectivity index (χ4n) is 1.03. The maximum absolute atomic E-state index is 5.25. The standard InChI is InChI=1S/C8H16N6O/c1-3-10-8(13-9)11-5-4-7-12-6(2)15-14-7/h3-5,9H2,1-2H3,(H2,10,11,13). The third-order valence-corrected chi connectivity index (χ3v) is 1.66. The van der Waals surface area contributed by atoms with Crippen LogP contribution in [-0.2, 0) is 6.42 Å². The Bertz CT molecular complexity index is 321. The van der Waals surface area contributed by atoms with Crippen LogP contribution in [0.5, 0.6) is 0 Å². The summed E-state index contributed by atoms with van der Waals surface area (Å²) in [6, 6.07) is 0. The first kappa shape index (κ1) is 11.4. The first-order valence-electron chi connectivity index (χ1n) is 4.80. The Kier molecular flexibility index (Phi) is 4.55. The van der Waals surface area contributed by atoms with Gasteiger partial charge in [0.2, 0.25) is 11.9 Å². The number of nitrogens with one attached hydrogen (secondary N) is 2. The van der Waals surface area contributed by atoms with Crippen LogP contribution in [0, 0.1) is 6.92 Å². The predicted molar refractivity (Wildman–Crippen MR) is 56.0 cm³/mol. The minimum atomic E-state index is 0.561. The Balaban J connectivity index is 2.36. The summed E-state index contributed by atoms with van der Waals surface area (Å²) in [7, 11) is 0. The van der Waals surface area contributed by atoms with E-state index in [0.717, 1.165) is 6.54 Å². The molecule has 0 aliphatic carbocycles. The third kappa shape index (κ3) is 3.94. The number of aryl methyl sites for hydroxylation is 1. The van der Waals surface area contributed by atoms with E-state index < -0.39 is 0 Å². The zero-order valence-electron chi connectivity index (χ0n) is 8.95. The molecule has 4 N–H and O–H groups in total. The number of hydrogen-bond donors (Lipinski definition) is 3. The van der Waals surface area contributed by atoms with Crippen molar-refractivity contribution in [2.45, 2.75) is 20.3 Å². The van der Waals surface area contributed by atoms with E-state index in [4.69, 9.17) is 10.4 Å². The minimum absolute atomic E-state index is 0.561. The summed E-state index contributed by atoms with van der Waals surface area (Å²) in [5, 5.41) is 6.73. The molecule has 15 heavy (non-hydrogen) atoms. The summed E-state index contributed by atoms with van der Waals surface area (Å²) >= 11 is 0. The Hall–Kier alpha value is -1.63. The molecule has 0 radical (unpaired) electrons. The van der Waals surface area contributed by atoms with Crippen LogP contribution in [0.3, 0.4) is 0 Å². The SMILES string of the molecule is CCNC(=NCCc1noc(C)n1)NN. The maximum Gasteiger partial charge on any atom is 0.223 e. The molecule has 0 amide bonds. The van der Waals surface area contributed by atoms with Crippen LogP contribution in [0.25, 0.3) is 0 Å². The van der Waals surface area contributed by atoms with Crippen molar-refractivity contribution in [2.75, 3.05) is 13.1 Å². The molecule has 0 fully saturated rings. The van der Waals surface area contributed by atoms with Crippen LogP contribution in [0.4, 0.5) is 0 Å². The summed E-state index contributed by atoms with van der Waals surface area (Å²) < 4.78 is 4.83. The molecule has 7 heteroatoms. The third-order valence-electron chi connectivity index (χ3n) is 1.66. The molecule has 0 saturated heterocycles. The van der Waals surface area contributed by atoms with Gasteiger partial charge in [0.05, 0.1) is 6.54 Å². The maximum atomic E-state index is 5.25. The number of guanidine groups is 1. The largest absolute Gasteiger partial charge is 0.356 e. The van der Waals surface area contributed by atoms with Crippen molar-refractivity contribution in [1.82, 2.24) is 20.9 Å². The first-order valence-corrected chi connectivity index (χ1v) is 4.80. The normalized spacial score (nSPS) is 11.5. The van der Waals surface area contributed by atoms with Crippen molar-refractivity contribution < 1.29 is 4.52 Å². The average molecular weight is 212 g/mol. The van der Waals surface area contributed by atoms with Gasteiger partial charge >= 0.3 is 0 Å². The number of aliphatic imine (C=N–C) groups is 1. The second kappa shape index (κ2) is 5.97. The first-order chi connectivity index (χ1) is 7.26. The molecular weight excluding hydrogens is 196 g/mol. The smallest absolute Gasteiger partial charge is 0.223 e. The lowest BCUT2D eigenvalue weighted by Crippen LogP contribution is -2.41. The van der Waals surface area contributed by atoms with Crippen molar-refractivity contribution in [3.05, 3.63) is 11.7 Å². The van der Waals surface area contributed by atoms with Gasteiger partial charge in [0.25, 0.3) is 0 Å². The van der Waals surface area contributed by atoms with Crippen LogP contribution in [0.2, 0.25) is 0 Å². The summed E-state index contributed by atoms with van der Waals surface area (Å²) in [5.74, 6) is 7.04. The van der Waals surface area contributed by atoms with Gasteiger partial charge in [-0.25, -0.2) is 5.84 Å². The Labute approximate surface area is 88.1 Å². The van der Waals surface area contributed by atoms with Crippen LogP contribution in [-0.4, -0.2) is 29.2 Å². The summed E-state index contributed by atoms with van der Waals surface area (Å²) in [4.78, 5) is 8.24. The average Bonchev–Trinajstić information content (AvgIpc) is 2.63. The zero-order valence-corrected chi connectivity index (χ0v) is 8.95. The molecule has 1 aromatic rings. The molecule has 1 heterocycles. The molecule has 0 aromatic carbocycles. The fourth-order valence-corrected chi connectivity index (χ4v) is 1.03. The quantitative estimate of drug-likeness (QED) is 0.265. The van der Waals surface area contributed by atoms with E-state index in [9.17, 15) is 0 Å². The number of hydrazine groups is 1. The lowest BCUT2D eigenvalue weighted by molar-refractivity contribution is 0.387. The number of nitrogens with zero attached hydrogens (tertiary/aromatic N) is 3. The molecule has 0 unspecified atom stereocenters. The van der Waals surface area contributed by atoms with Crippen molar-refractivity contribution in [2.24, 2.45) is 10.8 Å². The number of rotatable bonds is 4. The molecule has 0 aliphatic rings. The van der Waals surface area contributed by atoms with E-state index in [1.807, 2.05) is 6.92 Å². The van der Waals surface area contributed by atoms with Crippen molar-refractivity contribution in [3.8, 4) is 0 Å². The van der Waals surface area contributed by atoms with Crippen LogP contribution < -0.4 is 16.6 Å². The summed E-state index contributed by atoms with van der Waals surface area (Å²) in [6.07, 6.45) is 0.633. The molecule has 0 atom stereocenters. The van der Waals surface area contributed by atoms with E-state index in [2.05, 4.69) is 25.9 Å². The lowest BCUT2D eigenvalue weighted by atomic mass is 10.4. The lowest BCUT2D eigenvalue weighted by Gasteiger charge is -2.05. The molecule has 0 spiro atoms. The van der Waals surface area contributed by atoms with Crippen molar-refractivity contribution in [1.29, 1.82) is 0 Å². The van der Waals surface area contributed by atoms with Crippen LogP contribution in [0.15, 0.2) is 9.52 Å². The minimum Gasteiger partial charge on any atom is -0.356 e. The molecule has 7 nitrogen and oxygen atoms in total. The predicted octanol–water partition coefficient (Wildman–Crippen LogP) is -0.651. The molecule has 1 rings (SSSR count). The number of hydrogen-bond acceptors (Lipinski definition) is 5. The van der Waals surface area contributed by atoms with Gasteiger partial charge in [-0.05, 0) is 6.92 Å². The molecule has 1 aromatic heterocycles. The van der Waals surface area contributed by atoms with Gasteiger partial charge in [0, 0.05) is 19.9 Å². The van der Waals surface area contributed by atoms with Gasteiger partial charge < -0.3 is 9.84 Å². The highest BCUT2D eigenvalue weighted by Crippen LogP contribution is 1.95. The van der Waals surface area contributed by atoms with Crippen LogP contribution in [0.1, 0.15) is 18.6 Å². The highest BCUT2D eigenvalue weighted by Gasteiger charge is 2.01. The van der Waals surface area contributed by atoms with Gasteiger partial charge in [-0.2, -0.15) is 4.98 Å². The molecule has 84 valence electrons. The van der Waals surface area contributed by atoms with Crippen molar-refractivity contribution in [3.63, 3.8) is 0 Å². The van der Waals surface area contributed by atoms with Gasteiger partial charge in [-0.15, -0.1) is 0 Å². The van der Waals surface area contributed by atoms with E-state index in [1.54, 1.807) is 6.92 Å². The molecule has 0 aliphatic heterocycles. The number of nitrogens with two attached hydrogens (primary N) is 1. The van der Waals surface area contributed by atoms with E-state index in [1.165, 1.54) is 0 Å². The van der Waals surface area contributed by atoms with Gasteiger partial charge in [-0.1, -0.05) is 5.16 Å². The molecule has 0 bridgehead atoms. The van der Waals surface area contributed by atoms with Crippen LogP contribution >= 0.6 is 0 Å². The van der Waals surface area contributed by atoms with E-state index >= 15 is 0 Å².